The third-order valence-corrected chi connectivity index (χ3v) is 3.15. The zero-order chi connectivity index (χ0) is 14.7. The zero-order valence-corrected chi connectivity index (χ0v) is 11.3. The van der Waals surface area contributed by atoms with Crippen molar-refractivity contribution in [1.82, 2.24) is 0 Å². The minimum Gasteiger partial charge on any atom is -0.324 e. The fourth-order valence-corrected chi connectivity index (χ4v) is 1.94. The maximum atomic E-state index is 13.4. The summed E-state index contributed by atoms with van der Waals surface area (Å²) in [6.07, 6.45) is 0. The van der Waals surface area contributed by atoms with E-state index in [1.165, 1.54) is 6.07 Å². The van der Waals surface area contributed by atoms with E-state index in [1.807, 2.05) is 6.92 Å². The summed E-state index contributed by atoms with van der Waals surface area (Å²) in [7, 11) is 0. The fraction of sp³-hybridized carbons (Fsp3) is 0.133. The van der Waals surface area contributed by atoms with Gasteiger partial charge in [-0.25, -0.2) is 4.39 Å². The third kappa shape index (κ3) is 2.78. The number of nitrogen functional groups attached to an aromatic ring is 1. The summed E-state index contributed by atoms with van der Waals surface area (Å²) < 4.78 is 13.4. The molecule has 0 bridgehead atoms. The van der Waals surface area contributed by atoms with Crippen molar-refractivity contribution in [2.45, 2.75) is 13.8 Å². The molecule has 0 aromatic heterocycles. The minimum absolute atomic E-state index is 0.278. The Morgan fingerprint density at radius 1 is 1.20 bits per heavy atom. The van der Waals surface area contributed by atoms with Crippen LogP contribution >= 0.6 is 0 Å². The molecule has 104 valence electrons. The van der Waals surface area contributed by atoms with Gasteiger partial charge >= 0.3 is 0 Å². The summed E-state index contributed by atoms with van der Waals surface area (Å²) >= 11 is 0. The monoisotopic (exact) mass is 273 g/mol. The molecule has 0 saturated heterocycles. The van der Waals surface area contributed by atoms with Gasteiger partial charge < -0.3 is 10.7 Å². The predicted octanol–water partition coefficient (Wildman–Crippen LogP) is 2.98. The number of benzene rings is 2. The van der Waals surface area contributed by atoms with Crippen molar-refractivity contribution < 1.29 is 9.18 Å². The highest BCUT2D eigenvalue weighted by Crippen LogP contribution is 2.20. The predicted molar refractivity (Wildman–Crippen MR) is 78.1 cm³/mol. The Bertz CT molecular complexity index is 656. The Labute approximate surface area is 116 Å². The number of hydrogen-bond acceptors (Lipinski definition) is 3. The van der Waals surface area contributed by atoms with Crippen molar-refractivity contribution >= 4 is 17.3 Å². The summed E-state index contributed by atoms with van der Waals surface area (Å²) in [5.41, 5.74) is 5.43. The van der Waals surface area contributed by atoms with Crippen LogP contribution in [0.25, 0.3) is 0 Å². The molecular weight excluding hydrogens is 257 g/mol. The number of nitrogens with two attached hydrogens (primary N) is 1. The summed E-state index contributed by atoms with van der Waals surface area (Å²) in [6.45, 7) is 3.44. The van der Waals surface area contributed by atoms with E-state index in [2.05, 4.69) is 10.7 Å². The van der Waals surface area contributed by atoms with E-state index >= 15 is 0 Å². The van der Waals surface area contributed by atoms with Crippen LogP contribution in [0.15, 0.2) is 36.4 Å². The molecule has 0 radical (unpaired) electrons. The van der Waals surface area contributed by atoms with Crippen LogP contribution in [-0.4, -0.2) is 5.91 Å². The Kier molecular flexibility index (Phi) is 4.00. The average Bonchev–Trinajstić information content (AvgIpc) is 2.43. The lowest BCUT2D eigenvalue weighted by Gasteiger charge is -2.11. The number of amides is 1. The van der Waals surface area contributed by atoms with Crippen LogP contribution in [-0.2, 0) is 0 Å². The van der Waals surface area contributed by atoms with Gasteiger partial charge in [-0.05, 0) is 49.7 Å². The third-order valence-electron chi connectivity index (χ3n) is 3.15. The smallest absolute Gasteiger partial charge is 0.255 e. The number of hydrazine groups is 1. The van der Waals surface area contributed by atoms with Gasteiger partial charge in [-0.2, -0.15) is 0 Å². The van der Waals surface area contributed by atoms with Gasteiger partial charge in [-0.15, -0.1) is 0 Å². The van der Waals surface area contributed by atoms with Crippen LogP contribution in [0.4, 0.5) is 15.8 Å². The molecule has 5 heteroatoms. The number of anilines is 2. The maximum Gasteiger partial charge on any atom is 0.255 e. The first-order chi connectivity index (χ1) is 9.52. The first kappa shape index (κ1) is 14.0. The Morgan fingerprint density at radius 2 is 1.95 bits per heavy atom. The van der Waals surface area contributed by atoms with E-state index in [0.717, 1.165) is 11.3 Å². The Balaban J connectivity index is 2.26. The summed E-state index contributed by atoms with van der Waals surface area (Å²) in [6, 6.07) is 9.74. The molecule has 0 unspecified atom stereocenters. The quantitative estimate of drug-likeness (QED) is 0.595. The Hall–Kier alpha value is -2.40. The van der Waals surface area contributed by atoms with E-state index in [4.69, 9.17) is 5.84 Å². The molecule has 0 aliphatic heterocycles. The Morgan fingerprint density at radius 3 is 2.60 bits per heavy atom. The fourth-order valence-electron chi connectivity index (χ4n) is 1.94. The van der Waals surface area contributed by atoms with Crippen LogP contribution in [0.2, 0.25) is 0 Å². The molecule has 0 atom stereocenters. The van der Waals surface area contributed by atoms with Gasteiger partial charge in [0, 0.05) is 22.5 Å². The van der Waals surface area contributed by atoms with Crippen molar-refractivity contribution in [3.8, 4) is 0 Å². The largest absolute Gasteiger partial charge is 0.324 e. The lowest BCUT2D eigenvalue weighted by molar-refractivity contribution is 0.102. The number of nitrogens with one attached hydrogen (secondary N) is 2. The van der Waals surface area contributed by atoms with Gasteiger partial charge in [-0.3, -0.25) is 10.6 Å². The standard InChI is InChI=1S/C15H16FN3O/c1-9-8-11(19-17)6-7-12(9)15(20)18-14-5-3-4-13(16)10(14)2/h3-8,19H,17H2,1-2H3,(H,18,20). The van der Waals surface area contributed by atoms with Gasteiger partial charge in [0.2, 0.25) is 0 Å². The van der Waals surface area contributed by atoms with E-state index in [9.17, 15) is 9.18 Å². The molecule has 0 spiro atoms. The first-order valence-electron chi connectivity index (χ1n) is 6.16. The topological polar surface area (TPSA) is 67.1 Å². The minimum atomic E-state index is -0.345. The van der Waals surface area contributed by atoms with Gasteiger partial charge in [0.25, 0.3) is 5.91 Å². The van der Waals surface area contributed by atoms with Gasteiger partial charge in [0.05, 0.1) is 0 Å². The van der Waals surface area contributed by atoms with Gasteiger partial charge in [-0.1, -0.05) is 6.07 Å². The van der Waals surface area contributed by atoms with E-state index in [1.54, 1.807) is 37.3 Å². The molecule has 2 rings (SSSR count). The molecule has 20 heavy (non-hydrogen) atoms. The van der Waals surface area contributed by atoms with Crippen molar-refractivity contribution in [3.63, 3.8) is 0 Å². The van der Waals surface area contributed by atoms with Crippen LogP contribution in [0, 0.1) is 19.7 Å². The second-order valence-electron chi connectivity index (χ2n) is 4.54. The van der Waals surface area contributed by atoms with Crippen molar-refractivity contribution in [3.05, 3.63) is 58.9 Å². The van der Waals surface area contributed by atoms with E-state index in [0.29, 0.717) is 16.8 Å². The molecule has 0 fully saturated rings. The van der Waals surface area contributed by atoms with Crippen LogP contribution in [0.3, 0.4) is 0 Å². The molecule has 0 aliphatic carbocycles. The lowest BCUT2D eigenvalue weighted by Crippen LogP contribution is -2.15. The second kappa shape index (κ2) is 5.71. The molecule has 2 aromatic rings. The van der Waals surface area contributed by atoms with Crippen LogP contribution in [0.1, 0.15) is 21.5 Å². The molecule has 4 nitrogen and oxygen atoms in total. The molecule has 1 amide bonds. The van der Waals surface area contributed by atoms with E-state index < -0.39 is 0 Å². The lowest BCUT2D eigenvalue weighted by atomic mass is 10.1. The maximum absolute atomic E-state index is 13.4. The highest BCUT2D eigenvalue weighted by molar-refractivity contribution is 6.05. The molecule has 0 saturated carbocycles. The number of hydrogen-bond donors (Lipinski definition) is 3. The first-order valence-corrected chi connectivity index (χ1v) is 6.16. The summed E-state index contributed by atoms with van der Waals surface area (Å²) in [5, 5.41) is 2.72. The van der Waals surface area contributed by atoms with Gasteiger partial charge in [0.15, 0.2) is 0 Å². The molecule has 0 heterocycles. The number of aryl methyl sites for hydroxylation is 1. The van der Waals surface area contributed by atoms with Crippen LogP contribution in [0.5, 0.6) is 0 Å². The number of carbonyl (C=O) groups excluding carboxylic acids is 1. The normalized spacial score (nSPS) is 10.2. The highest BCUT2D eigenvalue weighted by Gasteiger charge is 2.12. The summed E-state index contributed by atoms with van der Waals surface area (Å²) in [5.74, 6) is 4.69. The zero-order valence-electron chi connectivity index (χ0n) is 11.3. The number of halogens is 1. The van der Waals surface area contributed by atoms with Crippen molar-refractivity contribution in [1.29, 1.82) is 0 Å². The summed E-state index contributed by atoms with van der Waals surface area (Å²) in [4.78, 5) is 12.2. The van der Waals surface area contributed by atoms with Crippen molar-refractivity contribution in [2.24, 2.45) is 5.84 Å². The average molecular weight is 273 g/mol. The van der Waals surface area contributed by atoms with Gasteiger partial charge in [0.1, 0.15) is 5.82 Å². The van der Waals surface area contributed by atoms with Crippen molar-refractivity contribution in [2.75, 3.05) is 10.7 Å². The molecular formula is C15H16FN3O. The highest BCUT2D eigenvalue weighted by atomic mass is 19.1. The SMILES string of the molecule is Cc1cc(NN)ccc1C(=O)Nc1cccc(F)c1C. The molecule has 4 N–H and O–H groups in total. The second-order valence-corrected chi connectivity index (χ2v) is 4.54. The van der Waals surface area contributed by atoms with Crippen LogP contribution < -0.4 is 16.6 Å². The van der Waals surface area contributed by atoms with E-state index in [-0.39, 0.29) is 11.7 Å². The number of carbonyl (C=O) groups is 1. The number of rotatable bonds is 3. The molecule has 2 aromatic carbocycles. The molecule has 0 aliphatic rings.